The third-order valence-electron chi connectivity index (χ3n) is 12.8. The number of carbonyl (C=O) groups is 4. The molecular formula is C57H58N4O11S. The van der Waals surface area contributed by atoms with E-state index in [1.807, 2.05) is 105 Å². The number of nitrogens with one attached hydrogen (secondary N) is 1. The first kappa shape index (κ1) is 51.4. The lowest BCUT2D eigenvalue weighted by Crippen LogP contribution is -2.54. The van der Waals surface area contributed by atoms with Crippen LogP contribution in [0.1, 0.15) is 88.9 Å². The minimum atomic E-state index is -4.77. The predicted molar refractivity (Wildman–Crippen MR) is 273 cm³/mol. The first-order valence-electron chi connectivity index (χ1n) is 24.0. The van der Waals surface area contributed by atoms with Gasteiger partial charge in [0.1, 0.15) is 43.3 Å². The third-order valence-corrected chi connectivity index (χ3v) is 14.4. The second-order valence-electron chi connectivity index (χ2n) is 18.5. The quantitative estimate of drug-likeness (QED) is 0.0475. The molecule has 3 amide bonds. The van der Waals surface area contributed by atoms with Crippen LogP contribution in [0.4, 0.5) is 14.4 Å². The van der Waals surface area contributed by atoms with Crippen LogP contribution < -0.4 is 10.1 Å². The molecule has 2 heterocycles. The fourth-order valence-electron chi connectivity index (χ4n) is 9.20. The molecule has 73 heavy (non-hydrogen) atoms. The van der Waals surface area contributed by atoms with Crippen molar-refractivity contribution in [1.29, 1.82) is 0 Å². The number of guanidine groups is 1. The van der Waals surface area contributed by atoms with E-state index in [1.165, 1.54) is 4.90 Å². The van der Waals surface area contributed by atoms with Gasteiger partial charge in [-0.15, -0.1) is 4.40 Å². The number of morpholine rings is 1. The van der Waals surface area contributed by atoms with Gasteiger partial charge in [-0.3, -0.25) is 10.2 Å². The van der Waals surface area contributed by atoms with Crippen molar-refractivity contribution >= 4 is 40.2 Å². The van der Waals surface area contributed by atoms with Gasteiger partial charge in [-0.05, 0) is 92.0 Å². The van der Waals surface area contributed by atoms with E-state index in [2.05, 4.69) is 9.71 Å². The molecule has 1 saturated heterocycles. The molecule has 0 spiro atoms. The molecule has 0 unspecified atom stereocenters. The van der Waals surface area contributed by atoms with Crippen LogP contribution in [-0.2, 0) is 60.0 Å². The SMILES string of the molecule is Cc1c(C)c(S(=O)(=O)/N=C(\NC(=O)OCc2ccccc2)N(CCC[C@H]2C(=O)O[C@H](c3ccccc3)[C@H](c3ccccc3)N2C(=O)OCc2ccccc2)C(=O)OCc2ccccc2)c(C)c2c1OC(C)(C)C2. The number of benzene rings is 6. The van der Waals surface area contributed by atoms with Gasteiger partial charge < -0.3 is 23.7 Å². The summed E-state index contributed by atoms with van der Waals surface area (Å²) in [5.41, 5.74) is 4.78. The van der Waals surface area contributed by atoms with E-state index in [0.717, 1.165) is 10.5 Å². The fourth-order valence-corrected chi connectivity index (χ4v) is 10.7. The van der Waals surface area contributed by atoms with Crippen LogP contribution in [0.15, 0.2) is 161 Å². The molecule has 1 fully saturated rings. The highest BCUT2D eigenvalue weighted by atomic mass is 32.2. The van der Waals surface area contributed by atoms with Gasteiger partial charge in [0.2, 0.25) is 5.96 Å². The Morgan fingerprint density at radius 3 is 1.77 bits per heavy atom. The van der Waals surface area contributed by atoms with Crippen LogP contribution in [0.25, 0.3) is 0 Å². The Balaban J connectivity index is 1.17. The molecule has 0 bridgehead atoms. The zero-order chi connectivity index (χ0) is 51.7. The number of alkyl carbamates (subject to hydrolysis) is 1. The average molecular weight is 1010 g/mol. The second kappa shape index (κ2) is 22.6. The van der Waals surface area contributed by atoms with Crippen LogP contribution in [0.2, 0.25) is 0 Å². The number of hydrogen-bond donors (Lipinski definition) is 1. The number of rotatable bonds is 14. The van der Waals surface area contributed by atoms with Crippen molar-refractivity contribution in [3.05, 3.63) is 202 Å². The van der Waals surface area contributed by atoms with Gasteiger partial charge in [0.05, 0.1) is 4.90 Å². The summed E-state index contributed by atoms with van der Waals surface area (Å²) in [5, 5.41) is 2.45. The maximum atomic E-state index is 14.9. The Kier molecular flexibility index (Phi) is 15.9. The highest BCUT2D eigenvalue weighted by Gasteiger charge is 2.48. The molecule has 8 rings (SSSR count). The fraction of sp³-hybridized carbons (Fsp3) is 0.281. The Labute approximate surface area is 425 Å². The van der Waals surface area contributed by atoms with E-state index >= 15 is 0 Å². The summed E-state index contributed by atoms with van der Waals surface area (Å²) in [6.07, 6.45) is -3.73. The number of carbonyl (C=O) groups excluding carboxylic acids is 4. The molecule has 15 nitrogen and oxygen atoms in total. The third kappa shape index (κ3) is 12.2. The maximum absolute atomic E-state index is 14.9. The van der Waals surface area contributed by atoms with Crippen LogP contribution in [0.5, 0.6) is 5.75 Å². The molecule has 0 aliphatic carbocycles. The van der Waals surface area contributed by atoms with Crippen molar-refractivity contribution in [2.75, 3.05) is 6.54 Å². The number of ether oxygens (including phenoxy) is 5. The van der Waals surface area contributed by atoms with Gasteiger partial charge >= 0.3 is 24.2 Å². The lowest BCUT2D eigenvalue weighted by Gasteiger charge is -2.44. The van der Waals surface area contributed by atoms with Crippen molar-refractivity contribution < 1.29 is 51.3 Å². The summed E-state index contributed by atoms with van der Waals surface area (Å²) >= 11 is 0. The molecule has 2 aliphatic heterocycles. The predicted octanol–water partition coefficient (Wildman–Crippen LogP) is 10.8. The maximum Gasteiger partial charge on any atom is 0.417 e. The Morgan fingerprint density at radius 2 is 1.21 bits per heavy atom. The summed E-state index contributed by atoms with van der Waals surface area (Å²) in [6, 6.07) is 42.9. The number of cyclic esters (lactones) is 1. The normalized spacial score (nSPS) is 17.1. The monoisotopic (exact) mass is 1010 g/mol. The van der Waals surface area contributed by atoms with Gasteiger partial charge in [0.15, 0.2) is 6.10 Å². The molecule has 16 heteroatoms. The molecule has 2 aliphatic rings. The first-order valence-corrected chi connectivity index (χ1v) is 25.5. The van der Waals surface area contributed by atoms with Gasteiger partial charge in [-0.2, -0.15) is 8.42 Å². The van der Waals surface area contributed by atoms with E-state index in [4.69, 9.17) is 23.7 Å². The summed E-state index contributed by atoms with van der Waals surface area (Å²) < 4.78 is 63.9. The van der Waals surface area contributed by atoms with E-state index in [9.17, 15) is 27.6 Å². The van der Waals surface area contributed by atoms with Crippen molar-refractivity contribution in [3.8, 4) is 5.75 Å². The number of sulfonamides is 1. The number of fused-ring (bicyclic) bond motifs is 1. The summed E-state index contributed by atoms with van der Waals surface area (Å²) in [5.74, 6) is -0.859. The number of nitrogens with zero attached hydrogens (tertiary/aromatic N) is 3. The zero-order valence-corrected chi connectivity index (χ0v) is 42.2. The van der Waals surface area contributed by atoms with Gasteiger partial charge in [0, 0.05) is 18.5 Å². The highest BCUT2D eigenvalue weighted by Crippen LogP contribution is 2.45. The van der Waals surface area contributed by atoms with Crippen molar-refractivity contribution in [2.45, 2.75) is 102 Å². The average Bonchev–Trinajstić information content (AvgIpc) is 3.74. The first-order chi connectivity index (χ1) is 35.1. The van der Waals surface area contributed by atoms with E-state index in [1.54, 1.807) is 81.4 Å². The van der Waals surface area contributed by atoms with Crippen molar-refractivity contribution in [1.82, 2.24) is 15.1 Å². The summed E-state index contributed by atoms with van der Waals surface area (Å²) in [6.45, 7) is 8.01. The number of amides is 3. The molecule has 3 atom stereocenters. The highest BCUT2D eigenvalue weighted by molar-refractivity contribution is 7.90. The topological polar surface area (TPSA) is 179 Å². The van der Waals surface area contributed by atoms with Gasteiger partial charge in [0.25, 0.3) is 10.0 Å². The molecule has 378 valence electrons. The van der Waals surface area contributed by atoms with Crippen molar-refractivity contribution in [3.63, 3.8) is 0 Å². The van der Waals surface area contributed by atoms with E-state index in [0.29, 0.717) is 56.7 Å². The second-order valence-corrected chi connectivity index (χ2v) is 20.1. The molecule has 0 saturated carbocycles. The van der Waals surface area contributed by atoms with Gasteiger partial charge in [-0.25, -0.2) is 24.1 Å². The van der Waals surface area contributed by atoms with E-state index < -0.39 is 64.0 Å². The smallest absolute Gasteiger partial charge is 0.417 e. The van der Waals surface area contributed by atoms with Crippen molar-refractivity contribution in [2.24, 2.45) is 4.40 Å². The Bertz CT molecular complexity index is 3070. The summed E-state index contributed by atoms with van der Waals surface area (Å²) in [7, 11) is -4.77. The molecule has 1 N–H and O–H groups in total. The molecule has 6 aromatic rings. The summed E-state index contributed by atoms with van der Waals surface area (Å²) in [4.78, 5) is 59.6. The lowest BCUT2D eigenvalue weighted by atomic mass is 9.90. The van der Waals surface area contributed by atoms with Gasteiger partial charge in [-0.1, -0.05) is 152 Å². The van der Waals surface area contributed by atoms with E-state index in [-0.39, 0.29) is 44.1 Å². The minimum absolute atomic E-state index is 0.0930. The lowest BCUT2D eigenvalue weighted by molar-refractivity contribution is -0.173. The van der Waals surface area contributed by atoms with Crippen LogP contribution >= 0.6 is 0 Å². The molecular weight excluding hydrogens is 949 g/mol. The number of hydrogen-bond acceptors (Lipinski definition) is 11. The molecule has 0 radical (unpaired) electrons. The largest absolute Gasteiger partial charge is 0.487 e. The number of esters is 1. The van der Waals surface area contributed by atoms with Crippen LogP contribution in [0.3, 0.4) is 0 Å². The molecule has 0 aromatic heterocycles. The Morgan fingerprint density at radius 1 is 0.699 bits per heavy atom. The zero-order valence-electron chi connectivity index (χ0n) is 41.4. The van der Waals surface area contributed by atoms with Crippen LogP contribution in [-0.4, -0.2) is 66.6 Å². The molecule has 6 aromatic carbocycles. The Hall–Kier alpha value is -7.98. The standard InChI is InChI=1S/C57H58N4O11S/c1-38-39(2)51(40(3)46-34-57(4,5)72-49(38)46)73(66,67)59-53(58-54(63)68-35-41-22-11-6-12-23-41)60(55(64)69-36-42-24-13-7-14-25-42)33-21-32-47-52(62)71-50(45-30-19-10-20-31-45)48(44-28-17-9-18-29-44)61(47)56(65)70-37-43-26-15-8-16-27-43/h6-20,22-31,47-48,50H,21,32-37H2,1-5H3,(H,58,59,63)/t47-,48-,50+/m0/s1. The minimum Gasteiger partial charge on any atom is -0.487 e. The van der Waals surface area contributed by atoms with Crippen LogP contribution in [0, 0.1) is 20.8 Å².